The van der Waals surface area contributed by atoms with Crippen LogP contribution < -0.4 is 0 Å². The summed E-state index contributed by atoms with van der Waals surface area (Å²) in [5, 5.41) is 9.86. The van der Waals surface area contributed by atoms with E-state index < -0.39 is 0 Å². The topological polar surface area (TPSA) is 29.5 Å². The third kappa shape index (κ3) is 2.02. The minimum atomic E-state index is -0.372. The molecule has 1 unspecified atom stereocenters. The highest BCUT2D eigenvalue weighted by Gasteiger charge is 2.42. The molecule has 1 spiro atoms. The van der Waals surface area contributed by atoms with Crippen LogP contribution in [0.1, 0.15) is 35.1 Å². The van der Waals surface area contributed by atoms with E-state index in [4.69, 9.17) is 4.74 Å². The van der Waals surface area contributed by atoms with Crippen LogP contribution in [-0.4, -0.2) is 17.8 Å². The highest BCUT2D eigenvalue weighted by molar-refractivity contribution is 5.48. The second kappa shape index (κ2) is 4.97. The smallest absolute Gasteiger partial charge is 0.119 e. The van der Waals surface area contributed by atoms with Crippen molar-refractivity contribution in [1.82, 2.24) is 0 Å². The maximum Gasteiger partial charge on any atom is 0.119 e. The summed E-state index contributed by atoms with van der Waals surface area (Å²) in [4.78, 5) is 0. The van der Waals surface area contributed by atoms with Gasteiger partial charge in [-0.15, -0.1) is 0 Å². The van der Waals surface area contributed by atoms with Gasteiger partial charge in [-0.25, -0.2) is 0 Å². The van der Waals surface area contributed by atoms with Crippen molar-refractivity contribution in [1.29, 1.82) is 0 Å². The zero-order valence-corrected chi connectivity index (χ0v) is 12.1. The van der Waals surface area contributed by atoms with Gasteiger partial charge in [0.15, 0.2) is 0 Å². The number of aliphatic hydroxyl groups excluding tert-OH is 1. The third-order valence-electron chi connectivity index (χ3n) is 4.92. The molecule has 2 nitrogen and oxygen atoms in total. The highest BCUT2D eigenvalue weighted by Crippen LogP contribution is 2.46. The van der Waals surface area contributed by atoms with E-state index >= 15 is 0 Å². The second-order valence-corrected chi connectivity index (χ2v) is 6.14. The molecule has 2 heteroatoms. The standard InChI is InChI=1S/C19H20O2/c20-16-11-12-19(21-13-16)17-7-3-1-5-14(17)9-10-15-6-2-4-8-18(15)19/h1-8,16,20H,9-13H2. The summed E-state index contributed by atoms with van der Waals surface area (Å²) in [6.45, 7) is 0.419. The monoisotopic (exact) mass is 280 g/mol. The Morgan fingerprint density at radius 3 is 2.00 bits per heavy atom. The van der Waals surface area contributed by atoms with Crippen LogP contribution in [0.3, 0.4) is 0 Å². The van der Waals surface area contributed by atoms with Crippen LogP contribution in [0.25, 0.3) is 0 Å². The first-order chi connectivity index (χ1) is 10.3. The quantitative estimate of drug-likeness (QED) is 0.803. The number of rotatable bonds is 0. The molecule has 108 valence electrons. The summed E-state index contributed by atoms with van der Waals surface area (Å²) in [5.74, 6) is 0. The normalized spacial score (nSPS) is 23.2. The fraction of sp³-hybridized carbons (Fsp3) is 0.368. The third-order valence-corrected chi connectivity index (χ3v) is 4.92. The zero-order valence-electron chi connectivity index (χ0n) is 12.1. The Morgan fingerprint density at radius 2 is 1.48 bits per heavy atom. The number of hydrogen-bond donors (Lipinski definition) is 1. The van der Waals surface area contributed by atoms with Crippen LogP contribution in [0, 0.1) is 0 Å². The zero-order chi connectivity index (χ0) is 14.3. The Labute approximate surface area is 125 Å². The van der Waals surface area contributed by atoms with E-state index in [0.717, 1.165) is 25.7 Å². The fourth-order valence-corrected chi connectivity index (χ4v) is 3.87. The van der Waals surface area contributed by atoms with E-state index in [2.05, 4.69) is 48.5 Å². The van der Waals surface area contributed by atoms with Gasteiger partial charge in [0.2, 0.25) is 0 Å². The van der Waals surface area contributed by atoms with Crippen LogP contribution in [-0.2, 0) is 23.2 Å². The first kappa shape index (κ1) is 13.1. The maximum absolute atomic E-state index is 9.86. The maximum atomic E-state index is 9.86. The van der Waals surface area contributed by atoms with Gasteiger partial charge in [0, 0.05) is 0 Å². The van der Waals surface area contributed by atoms with Gasteiger partial charge in [0.25, 0.3) is 0 Å². The molecule has 1 fully saturated rings. The Hall–Kier alpha value is -1.64. The van der Waals surface area contributed by atoms with E-state index in [1.807, 2.05) is 0 Å². The van der Waals surface area contributed by atoms with Crippen molar-refractivity contribution in [3.8, 4) is 0 Å². The van der Waals surface area contributed by atoms with Gasteiger partial charge in [-0.2, -0.15) is 0 Å². The number of aliphatic hydroxyl groups is 1. The molecule has 2 aliphatic rings. The molecule has 1 N–H and O–H groups in total. The summed E-state index contributed by atoms with van der Waals surface area (Å²) in [5.41, 5.74) is 4.97. The van der Waals surface area contributed by atoms with Gasteiger partial charge in [0.1, 0.15) is 5.60 Å². The Bertz CT molecular complexity index is 605. The highest BCUT2D eigenvalue weighted by atomic mass is 16.5. The predicted molar refractivity (Wildman–Crippen MR) is 82.3 cm³/mol. The summed E-state index contributed by atoms with van der Waals surface area (Å²) in [6, 6.07) is 17.3. The SMILES string of the molecule is OC1CCC2(OC1)c1ccccc1CCc1ccccc12. The van der Waals surface area contributed by atoms with Crippen molar-refractivity contribution < 1.29 is 9.84 Å². The number of ether oxygens (including phenoxy) is 1. The van der Waals surface area contributed by atoms with E-state index in [-0.39, 0.29) is 11.7 Å². The summed E-state index contributed by atoms with van der Waals surface area (Å²) in [6.07, 6.45) is 3.42. The van der Waals surface area contributed by atoms with Crippen molar-refractivity contribution in [3.05, 3.63) is 70.8 Å². The first-order valence-corrected chi connectivity index (χ1v) is 7.78. The average molecular weight is 280 g/mol. The minimum absolute atomic E-state index is 0.335. The Kier molecular flexibility index (Phi) is 3.09. The van der Waals surface area contributed by atoms with Gasteiger partial charge >= 0.3 is 0 Å². The van der Waals surface area contributed by atoms with Crippen molar-refractivity contribution >= 4 is 0 Å². The second-order valence-electron chi connectivity index (χ2n) is 6.14. The van der Waals surface area contributed by atoms with E-state index in [9.17, 15) is 5.11 Å². The van der Waals surface area contributed by atoms with Gasteiger partial charge in [-0.3, -0.25) is 0 Å². The molecule has 0 radical (unpaired) electrons. The van der Waals surface area contributed by atoms with Crippen LogP contribution >= 0.6 is 0 Å². The molecule has 4 rings (SSSR count). The lowest BCUT2D eigenvalue weighted by molar-refractivity contribution is -0.106. The number of aryl methyl sites for hydroxylation is 2. The fourth-order valence-electron chi connectivity index (χ4n) is 3.87. The molecule has 0 bridgehead atoms. The lowest BCUT2D eigenvalue weighted by Gasteiger charge is -2.41. The van der Waals surface area contributed by atoms with Crippen LogP contribution in [0.15, 0.2) is 48.5 Å². The van der Waals surface area contributed by atoms with Crippen LogP contribution in [0.5, 0.6) is 0 Å². The minimum Gasteiger partial charge on any atom is -0.391 e. The van der Waals surface area contributed by atoms with E-state index in [0.29, 0.717) is 6.61 Å². The molecule has 21 heavy (non-hydrogen) atoms. The number of hydrogen-bond acceptors (Lipinski definition) is 2. The molecule has 1 aliphatic carbocycles. The van der Waals surface area contributed by atoms with E-state index in [1.165, 1.54) is 22.3 Å². The molecule has 0 saturated carbocycles. The van der Waals surface area contributed by atoms with Crippen molar-refractivity contribution in [3.63, 3.8) is 0 Å². The van der Waals surface area contributed by atoms with Gasteiger partial charge in [-0.1, -0.05) is 48.5 Å². The Balaban J connectivity index is 1.94. The molecule has 0 aromatic heterocycles. The van der Waals surface area contributed by atoms with Gasteiger partial charge in [0.05, 0.1) is 12.7 Å². The molecule has 1 saturated heterocycles. The molecule has 0 amide bonds. The largest absolute Gasteiger partial charge is 0.391 e. The van der Waals surface area contributed by atoms with Crippen LogP contribution in [0.4, 0.5) is 0 Å². The molecular formula is C19H20O2. The lowest BCUT2D eigenvalue weighted by atomic mass is 9.78. The van der Waals surface area contributed by atoms with Gasteiger partial charge in [-0.05, 0) is 47.9 Å². The van der Waals surface area contributed by atoms with Crippen molar-refractivity contribution in [2.45, 2.75) is 37.4 Å². The molecule has 1 heterocycles. The van der Waals surface area contributed by atoms with Crippen molar-refractivity contribution in [2.75, 3.05) is 6.61 Å². The predicted octanol–water partition coefficient (Wildman–Crippen LogP) is 3.20. The molecule has 1 aliphatic heterocycles. The molecule has 1 atom stereocenters. The molecule has 2 aromatic carbocycles. The lowest BCUT2D eigenvalue weighted by Crippen LogP contribution is -2.40. The van der Waals surface area contributed by atoms with Crippen molar-refractivity contribution in [2.24, 2.45) is 0 Å². The molecular weight excluding hydrogens is 260 g/mol. The summed E-state index contributed by atoms with van der Waals surface area (Å²) in [7, 11) is 0. The van der Waals surface area contributed by atoms with E-state index in [1.54, 1.807) is 0 Å². The first-order valence-electron chi connectivity index (χ1n) is 7.78. The average Bonchev–Trinajstić information content (AvgIpc) is 2.67. The molecule has 2 aromatic rings. The summed E-state index contributed by atoms with van der Waals surface area (Å²) < 4.78 is 6.30. The van der Waals surface area contributed by atoms with Gasteiger partial charge < -0.3 is 9.84 Å². The number of benzene rings is 2. The Morgan fingerprint density at radius 1 is 0.905 bits per heavy atom. The summed E-state index contributed by atoms with van der Waals surface area (Å²) >= 11 is 0. The van der Waals surface area contributed by atoms with Crippen LogP contribution in [0.2, 0.25) is 0 Å². The number of fused-ring (bicyclic) bond motifs is 4.